The summed E-state index contributed by atoms with van der Waals surface area (Å²) in [4.78, 5) is 4.79. The van der Waals surface area contributed by atoms with E-state index in [1.165, 1.54) is 11.1 Å². The van der Waals surface area contributed by atoms with Gasteiger partial charge in [-0.1, -0.05) is 30.3 Å². The minimum Gasteiger partial charge on any atom is -0.330 e. The normalized spacial score (nSPS) is 11.1. The van der Waals surface area contributed by atoms with Crippen LogP contribution in [0.4, 0.5) is 0 Å². The smallest absolute Gasteiger partial charge is 0.145 e. The fraction of sp³-hybridized carbons (Fsp3) is 0.188. The monoisotopic (exact) mass is 251 g/mol. The van der Waals surface area contributed by atoms with Gasteiger partial charge in [-0.15, -0.1) is 0 Å². The highest BCUT2D eigenvalue weighted by molar-refractivity contribution is 5.67. The average molecular weight is 251 g/mol. The molecule has 0 aliphatic carbocycles. The van der Waals surface area contributed by atoms with Crippen LogP contribution in [0.3, 0.4) is 0 Å². The molecular weight excluding hydrogens is 234 g/mol. The van der Waals surface area contributed by atoms with Crippen molar-refractivity contribution >= 4 is 5.52 Å². The molecule has 0 amide bonds. The number of aromatic nitrogens is 2. The molecule has 0 saturated heterocycles. The van der Waals surface area contributed by atoms with E-state index in [9.17, 15) is 0 Å². The summed E-state index contributed by atoms with van der Waals surface area (Å²) in [6, 6.07) is 14.5. The van der Waals surface area contributed by atoms with Gasteiger partial charge < -0.3 is 5.73 Å². The van der Waals surface area contributed by atoms with Crippen molar-refractivity contribution in [1.29, 1.82) is 0 Å². The highest BCUT2D eigenvalue weighted by Gasteiger charge is 2.12. The number of aryl methyl sites for hydroxylation is 1. The van der Waals surface area contributed by atoms with Crippen LogP contribution in [0.15, 0.2) is 48.7 Å². The second kappa shape index (κ2) is 4.86. The molecule has 0 saturated carbocycles. The van der Waals surface area contributed by atoms with E-state index >= 15 is 0 Å². The van der Waals surface area contributed by atoms with Gasteiger partial charge >= 0.3 is 0 Å². The van der Waals surface area contributed by atoms with Crippen LogP contribution in [0.1, 0.15) is 11.3 Å². The predicted octanol–water partition coefficient (Wildman–Crippen LogP) is 2.81. The van der Waals surface area contributed by atoms with E-state index < -0.39 is 0 Å². The molecule has 2 heterocycles. The summed E-state index contributed by atoms with van der Waals surface area (Å²) < 4.78 is 2.15. The van der Waals surface area contributed by atoms with Gasteiger partial charge in [0.15, 0.2) is 0 Å². The van der Waals surface area contributed by atoms with E-state index in [2.05, 4.69) is 47.9 Å². The van der Waals surface area contributed by atoms with Crippen LogP contribution in [0.2, 0.25) is 0 Å². The first-order valence-corrected chi connectivity index (χ1v) is 6.53. The minimum absolute atomic E-state index is 0.620. The van der Waals surface area contributed by atoms with Crippen LogP contribution in [0.5, 0.6) is 0 Å². The molecule has 0 unspecified atom stereocenters. The lowest BCUT2D eigenvalue weighted by atomic mass is 10.1. The summed E-state index contributed by atoms with van der Waals surface area (Å²) in [5.41, 5.74) is 10.3. The van der Waals surface area contributed by atoms with Crippen molar-refractivity contribution in [3.05, 3.63) is 59.9 Å². The number of hydrogen-bond donors (Lipinski definition) is 1. The summed E-state index contributed by atoms with van der Waals surface area (Å²) in [5.74, 6) is 0.997. The number of imidazole rings is 1. The first kappa shape index (κ1) is 11.9. The Morgan fingerprint density at radius 2 is 1.89 bits per heavy atom. The second-order valence-electron chi connectivity index (χ2n) is 4.69. The third-order valence-corrected chi connectivity index (χ3v) is 3.39. The highest BCUT2D eigenvalue weighted by Crippen LogP contribution is 2.25. The maximum atomic E-state index is 5.68. The molecule has 3 nitrogen and oxygen atoms in total. The molecule has 2 N–H and O–H groups in total. The van der Waals surface area contributed by atoms with E-state index in [1.54, 1.807) is 0 Å². The Balaban J connectivity index is 2.27. The number of rotatable bonds is 3. The van der Waals surface area contributed by atoms with Gasteiger partial charge in [-0.3, -0.25) is 4.40 Å². The van der Waals surface area contributed by atoms with Gasteiger partial charge in [0.25, 0.3) is 0 Å². The van der Waals surface area contributed by atoms with E-state index in [4.69, 9.17) is 10.7 Å². The Hall–Kier alpha value is -2.13. The molecule has 1 aromatic carbocycles. The zero-order valence-electron chi connectivity index (χ0n) is 11.0. The number of pyridine rings is 1. The zero-order chi connectivity index (χ0) is 13.2. The number of benzene rings is 1. The molecule has 96 valence electrons. The first-order valence-electron chi connectivity index (χ1n) is 6.53. The number of nitrogens with zero attached hydrogens (tertiary/aromatic N) is 2. The molecule has 19 heavy (non-hydrogen) atoms. The molecule has 0 aliphatic rings. The van der Waals surface area contributed by atoms with Crippen molar-refractivity contribution in [2.24, 2.45) is 5.73 Å². The van der Waals surface area contributed by atoms with Crippen LogP contribution >= 0.6 is 0 Å². The summed E-state index contributed by atoms with van der Waals surface area (Å²) in [6.45, 7) is 2.73. The Kier molecular flexibility index (Phi) is 3.05. The van der Waals surface area contributed by atoms with Crippen LogP contribution < -0.4 is 5.73 Å². The van der Waals surface area contributed by atoms with Gasteiger partial charge in [0.1, 0.15) is 5.82 Å². The Labute approximate surface area is 112 Å². The molecular formula is C16H17N3. The largest absolute Gasteiger partial charge is 0.330 e. The second-order valence-corrected chi connectivity index (χ2v) is 4.69. The van der Waals surface area contributed by atoms with Gasteiger partial charge in [-0.25, -0.2) is 4.98 Å². The molecule has 0 spiro atoms. The first-order chi connectivity index (χ1) is 9.31. The standard InChI is InChI=1S/C16H17N3/c1-12-6-2-3-7-13(12)16-18-14(9-10-17)15-8-4-5-11-19(15)16/h2-8,11H,9-10,17H2,1H3. The molecule has 2 aromatic heterocycles. The Morgan fingerprint density at radius 3 is 2.68 bits per heavy atom. The summed E-state index contributed by atoms with van der Waals surface area (Å²) >= 11 is 0. The summed E-state index contributed by atoms with van der Waals surface area (Å²) in [7, 11) is 0. The van der Waals surface area contributed by atoms with Crippen molar-refractivity contribution in [2.75, 3.05) is 6.54 Å². The molecule has 0 radical (unpaired) electrons. The fourth-order valence-electron chi connectivity index (χ4n) is 2.44. The van der Waals surface area contributed by atoms with Gasteiger partial charge in [-0.05, 0) is 31.2 Å². The maximum Gasteiger partial charge on any atom is 0.145 e. The van der Waals surface area contributed by atoms with Gasteiger partial charge in [0.05, 0.1) is 11.2 Å². The summed E-state index contributed by atoms with van der Waals surface area (Å²) in [6.07, 6.45) is 2.86. The van der Waals surface area contributed by atoms with Gasteiger partial charge in [0.2, 0.25) is 0 Å². The van der Waals surface area contributed by atoms with Crippen LogP contribution in [0.25, 0.3) is 16.9 Å². The molecule has 0 fully saturated rings. The Morgan fingerprint density at radius 1 is 1.11 bits per heavy atom. The Bertz CT molecular complexity index is 713. The van der Waals surface area contributed by atoms with Gasteiger partial charge in [-0.2, -0.15) is 0 Å². The zero-order valence-corrected chi connectivity index (χ0v) is 11.0. The van der Waals surface area contributed by atoms with Crippen LogP contribution in [-0.4, -0.2) is 15.9 Å². The van der Waals surface area contributed by atoms with E-state index in [0.29, 0.717) is 6.54 Å². The molecule has 3 aromatic rings. The third kappa shape index (κ3) is 2.02. The predicted molar refractivity (Wildman–Crippen MR) is 78.1 cm³/mol. The number of fused-ring (bicyclic) bond motifs is 1. The quantitative estimate of drug-likeness (QED) is 0.778. The molecule has 0 bridgehead atoms. The maximum absolute atomic E-state index is 5.68. The number of nitrogens with two attached hydrogens (primary N) is 1. The van der Waals surface area contributed by atoms with Crippen LogP contribution in [-0.2, 0) is 6.42 Å². The van der Waals surface area contributed by atoms with E-state index in [1.807, 2.05) is 12.1 Å². The minimum atomic E-state index is 0.620. The lowest BCUT2D eigenvalue weighted by molar-refractivity contribution is 0.943. The van der Waals surface area contributed by atoms with Gasteiger partial charge in [0, 0.05) is 18.2 Å². The van der Waals surface area contributed by atoms with E-state index in [0.717, 1.165) is 23.5 Å². The topological polar surface area (TPSA) is 43.3 Å². The highest BCUT2D eigenvalue weighted by atomic mass is 15.0. The molecule has 3 heteroatoms. The van der Waals surface area contributed by atoms with Crippen molar-refractivity contribution < 1.29 is 0 Å². The lowest BCUT2D eigenvalue weighted by Crippen LogP contribution is -2.03. The SMILES string of the molecule is Cc1ccccc1-c1nc(CCN)c2ccccn12. The van der Waals surface area contributed by atoms with Crippen molar-refractivity contribution in [1.82, 2.24) is 9.38 Å². The van der Waals surface area contributed by atoms with Crippen molar-refractivity contribution in [2.45, 2.75) is 13.3 Å². The molecule has 3 rings (SSSR count). The molecule has 0 atom stereocenters. The van der Waals surface area contributed by atoms with Crippen molar-refractivity contribution in [3.63, 3.8) is 0 Å². The van der Waals surface area contributed by atoms with E-state index in [-0.39, 0.29) is 0 Å². The summed E-state index contributed by atoms with van der Waals surface area (Å²) in [5, 5.41) is 0. The average Bonchev–Trinajstić information content (AvgIpc) is 2.79. The fourth-order valence-corrected chi connectivity index (χ4v) is 2.44. The number of hydrogen-bond acceptors (Lipinski definition) is 2. The van der Waals surface area contributed by atoms with Crippen LogP contribution in [0, 0.1) is 6.92 Å². The third-order valence-electron chi connectivity index (χ3n) is 3.39. The van der Waals surface area contributed by atoms with Crippen molar-refractivity contribution in [3.8, 4) is 11.4 Å². The molecule has 0 aliphatic heterocycles. The lowest BCUT2D eigenvalue weighted by Gasteiger charge is -2.04.